The predicted octanol–water partition coefficient (Wildman–Crippen LogP) is 1.18. The summed E-state index contributed by atoms with van der Waals surface area (Å²) in [7, 11) is 0. The molecule has 12 heavy (non-hydrogen) atoms. The van der Waals surface area contributed by atoms with Crippen molar-refractivity contribution in [2.24, 2.45) is 5.73 Å². The monoisotopic (exact) mass is 181 g/mol. The van der Waals surface area contributed by atoms with Crippen molar-refractivity contribution in [1.29, 1.82) is 0 Å². The molecule has 0 aromatic carbocycles. The van der Waals surface area contributed by atoms with E-state index in [1.54, 1.807) is 11.3 Å². The maximum atomic E-state index is 5.83. The second-order valence-electron chi connectivity index (χ2n) is 2.32. The van der Waals surface area contributed by atoms with Crippen LogP contribution in [0.25, 0.3) is 0 Å². The average Bonchev–Trinajstić information content (AvgIpc) is 2.77. The predicted molar refractivity (Wildman–Crippen MR) is 44.6 cm³/mol. The lowest BCUT2D eigenvalue weighted by molar-refractivity contribution is 0.407. The van der Waals surface area contributed by atoms with Crippen LogP contribution in [-0.2, 0) is 0 Å². The van der Waals surface area contributed by atoms with Crippen molar-refractivity contribution in [3.8, 4) is 0 Å². The third-order valence-electron chi connectivity index (χ3n) is 1.56. The zero-order valence-corrected chi connectivity index (χ0v) is 6.99. The molecule has 5 heteroatoms. The molecule has 0 fully saturated rings. The summed E-state index contributed by atoms with van der Waals surface area (Å²) in [6, 6.07) is 1.68. The Labute approximate surface area is 73.0 Å². The van der Waals surface area contributed by atoms with Gasteiger partial charge < -0.3 is 10.3 Å². The summed E-state index contributed by atoms with van der Waals surface area (Å²) in [5.41, 5.74) is 6.84. The highest BCUT2D eigenvalue weighted by Gasteiger charge is 2.12. The molecule has 0 aliphatic heterocycles. The van der Waals surface area contributed by atoms with Crippen LogP contribution < -0.4 is 5.73 Å². The van der Waals surface area contributed by atoms with Gasteiger partial charge in [0.25, 0.3) is 0 Å². The maximum absolute atomic E-state index is 5.83. The summed E-state index contributed by atoms with van der Waals surface area (Å²) in [5, 5.41) is 7.61. The zero-order valence-electron chi connectivity index (χ0n) is 6.18. The number of hydrogen-bond donors (Lipinski definition) is 1. The number of aromatic nitrogens is 2. The van der Waals surface area contributed by atoms with Gasteiger partial charge in [0.1, 0.15) is 0 Å². The van der Waals surface area contributed by atoms with Crippen molar-refractivity contribution in [2.45, 2.75) is 6.04 Å². The molecule has 4 nitrogen and oxygen atoms in total. The first-order chi connectivity index (χ1) is 5.88. The molecule has 0 aliphatic rings. The fraction of sp³-hybridized carbons (Fsp3) is 0.143. The molecule has 2 aromatic rings. The second kappa shape index (κ2) is 3.04. The fourth-order valence-corrected chi connectivity index (χ4v) is 1.61. The molecule has 0 radical (unpaired) electrons. The lowest BCUT2D eigenvalue weighted by Crippen LogP contribution is -2.12. The Hall–Kier alpha value is -1.20. The lowest BCUT2D eigenvalue weighted by atomic mass is 10.1. The van der Waals surface area contributed by atoms with Gasteiger partial charge in [0.05, 0.1) is 6.04 Å². The van der Waals surface area contributed by atoms with Gasteiger partial charge in [0.15, 0.2) is 5.82 Å². The van der Waals surface area contributed by atoms with Crippen LogP contribution in [0.15, 0.2) is 27.7 Å². The third-order valence-corrected chi connectivity index (χ3v) is 2.26. The van der Waals surface area contributed by atoms with Gasteiger partial charge in [-0.15, -0.1) is 0 Å². The molecular weight excluding hydrogens is 174 g/mol. The molecule has 0 saturated heterocycles. The highest BCUT2D eigenvalue weighted by Crippen LogP contribution is 2.18. The quantitative estimate of drug-likeness (QED) is 0.755. The first kappa shape index (κ1) is 7.45. The molecule has 1 atom stereocenters. The van der Waals surface area contributed by atoms with Gasteiger partial charge in [-0.05, 0) is 22.4 Å². The van der Waals surface area contributed by atoms with E-state index in [2.05, 4.69) is 14.7 Å². The van der Waals surface area contributed by atoms with Gasteiger partial charge in [-0.1, -0.05) is 5.16 Å². The average molecular weight is 181 g/mol. The van der Waals surface area contributed by atoms with Crippen molar-refractivity contribution in [3.63, 3.8) is 0 Å². The molecule has 0 spiro atoms. The molecule has 2 N–H and O–H groups in total. The van der Waals surface area contributed by atoms with E-state index < -0.39 is 0 Å². The van der Waals surface area contributed by atoms with Gasteiger partial charge in [0, 0.05) is 0 Å². The Bertz CT molecular complexity index is 295. The first-order valence-corrected chi connectivity index (χ1v) is 4.36. The Balaban J connectivity index is 2.27. The van der Waals surface area contributed by atoms with E-state index in [-0.39, 0.29) is 6.04 Å². The summed E-state index contributed by atoms with van der Waals surface area (Å²) < 4.78 is 4.60. The molecule has 2 heterocycles. The highest BCUT2D eigenvalue weighted by molar-refractivity contribution is 7.07. The Kier molecular flexibility index (Phi) is 1.89. The highest BCUT2D eigenvalue weighted by atomic mass is 32.1. The van der Waals surface area contributed by atoms with Gasteiger partial charge in [-0.2, -0.15) is 16.3 Å². The summed E-state index contributed by atoms with van der Waals surface area (Å²) in [6.45, 7) is 0. The summed E-state index contributed by atoms with van der Waals surface area (Å²) in [6.07, 6.45) is 1.28. The minimum atomic E-state index is -0.269. The first-order valence-electron chi connectivity index (χ1n) is 3.42. The minimum absolute atomic E-state index is 0.269. The minimum Gasteiger partial charge on any atom is -0.343 e. The van der Waals surface area contributed by atoms with Gasteiger partial charge in [-0.3, -0.25) is 0 Å². The molecule has 0 amide bonds. The number of nitrogens with zero attached hydrogens (tertiary/aromatic N) is 2. The fourth-order valence-electron chi connectivity index (χ4n) is 0.917. The normalized spacial score (nSPS) is 13.1. The van der Waals surface area contributed by atoms with Crippen LogP contribution in [0.4, 0.5) is 0 Å². The summed E-state index contributed by atoms with van der Waals surface area (Å²) in [4.78, 5) is 3.87. The number of nitrogens with two attached hydrogens (primary N) is 1. The molecule has 62 valence electrons. The van der Waals surface area contributed by atoms with E-state index in [0.717, 1.165) is 5.56 Å². The number of thiophene rings is 1. The van der Waals surface area contributed by atoms with E-state index in [4.69, 9.17) is 5.73 Å². The van der Waals surface area contributed by atoms with E-state index in [9.17, 15) is 0 Å². The Morgan fingerprint density at radius 3 is 3.08 bits per heavy atom. The van der Waals surface area contributed by atoms with E-state index in [0.29, 0.717) is 5.82 Å². The molecule has 1 unspecified atom stereocenters. The number of rotatable bonds is 2. The Morgan fingerprint density at radius 2 is 2.50 bits per heavy atom. The van der Waals surface area contributed by atoms with Crippen molar-refractivity contribution in [3.05, 3.63) is 34.6 Å². The van der Waals surface area contributed by atoms with E-state index in [1.165, 1.54) is 6.39 Å². The van der Waals surface area contributed by atoms with Crippen molar-refractivity contribution < 1.29 is 4.52 Å². The van der Waals surface area contributed by atoms with Crippen molar-refractivity contribution in [2.75, 3.05) is 0 Å². The van der Waals surface area contributed by atoms with Crippen molar-refractivity contribution in [1.82, 2.24) is 10.1 Å². The van der Waals surface area contributed by atoms with Crippen LogP contribution in [0.2, 0.25) is 0 Å². The molecule has 0 saturated carbocycles. The Morgan fingerprint density at radius 1 is 1.58 bits per heavy atom. The van der Waals surface area contributed by atoms with Crippen LogP contribution in [0.1, 0.15) is 17.4 Å². The SMILES string of the molecule is NC(c1ccsc1)c1ncon1. The van der Waals surface area contributed by atoms with E-state index in [1.807, 2.05) is 16.8 Å². The maximum Gasteiger partial charge on any atom is 0.213 e. The van der Waals surface area contributed by atoms with Gasteiger partial charge >= 0.3 is 0 Å². The summed E-state index contributed by atoms with van der Waals surface area (Å²) in [5.74, 6) is 0.522. The molecule has 2 rings (SSSR count). The largest absolute Gasteiger partial charge is 0.343 e. The summed E-state index contributed by atoms with van der Waals surface area (Å²) >= 11 is 1.60. The third kappa shape index (κ3) is 1.24. The van der Waals surface area contributed by atoms with E-state index >= 15 is 0 Å². The topological polar surface area (TPSA) is 64.9 Å². The molecule has 2 aromatic heterocycles. The zero-order chi connectivity index (χ0) is 8.39. The molecular formula is C7H7N3OS. The standard InChI is InChI=1S/C7H7N3OS/c8-6(5-1-2-12-3-5)7-9-4-11-10-7/h1-4,6H,8H2. The molecule has 0 aliphatic carbocycles. The smallest absolute Gasteiger partial charge is 0.213 e. The van der Waals surface area contributed by atoms with Crippen molar-refractivity contribution >= 4 is 11.3 Å². The molecule has 0 bridgehead atoms. The lowest BCUT2D eigenvalue weighted by Gasteiger charge is -2.01. The van der Waals surface area contributed by atoms with Gasteiger partial charge in [0.2, 0.25) is 6.39 Å². The van der Waals surface area contributed by atoms with Crippen LogP contribution in [0.5, 0.6) is 0 Å². The van der Waals surface area contributed by atoms with Crippen LogP contribution in [0, 0.1) is 0 Å². The number of hydrogen-bond acceptors (Lipinski definition) is 5. The second-order valence-corrected chi connectivity index (χ2v) is 3.10. The van der Waals surface area contributed by atoms with Crippen LogP contribution >= 0.6 is 11.3 Å². The van der Waals surface area contributed by atoms with Gasteiger partial charge in [-0.25, -0.2) is 0 Å². The van der Waals surface area contributed by atoms with Crippen LogP contribution in [0.3, 0.4) is 0 Å². The van der Waals surface area contributed by atoms with Crippen LogP contribution in [-0.4, -0.2) is 10.1 Å².